The van der Waals surface area contributed by atoms with Crippen molar-refractivity contribution in [2.45, 2.75) is 0 Å². The smallest absolute Gasteiger partial charge is 0.287 e. The highest BCUT2D eigenvalue weighted by Crippen LogP contribution is 2.10. The lowest BCUT2D eigenvalue weighted by atomic mass is 10.1. The van der Waals surface area contributed by atoms with Gasteiger partial charge in [-0.25, -0.2) is 8.78 Å². The molecule has 1 aromatic heterocycles. The van der Waals surface area contributed by atoms with Crippen LogP contribution in [-0.2, 0) is 0 Å². The minimum Gasteiger partial charge on any atom is -0.459 e. The molecule has 0 atom stereocenters. The van der Waals surface area contributed by atoms with E-state index in [0.717, 1.165) is 18.2 Å². The molecular formula is C13H9F2NO3. The second kappa shape index (κ2) is 5.43. The highest BCUT2D eigenvalue weighted by atomic mass is 19.1. The summed E-state index contributed by atoms with van der Waals surface area (Å²) >= 11 is 0. The van der Waals surface area contributed by atoms with Gasteiger partial charge in [0.25, 0.3) is 5.91 Å². The predicted octanol–water partition coefficient (Wildman–Crippen LogP) is 2.17. The number of nitrogens with one attached hydrogen (secondary N) is 1. The number of hydrogen-bond acceptors (Lipinski definition) is 3. The quantitative estimate of drug-likeness (QED) is 0.862. The summed E-state index contributed by atoms with van der Waals surface area (Å²) in [5.41, 5.74) is -0.403. The third-order valence-electron chi connectivity index (χ3n) is 2.38. The number of halogens is 2. The molecule has 0 aliphatic rings. The first-order chi connectivity index (χ1) is 9.08. The molecule has 19 heavy (non-hydrogen) atoms. The van der Waals surface area contributed by atoms with Crippen molar-refractivity contribution in [3.63, 3.8) is 0 Å². The van der Waals surface area contributed by atoms with Gasteiger partial charge in [-0.2, -0.15) is 0 Å². The molecule has 0 aliphatic carbocycles. The van der Waals surface area contributed by atoms with Gasteiger partial charge >= 0.3 is 0 Å². The third-order valence-corrected chi connectivity index (χ3v) is 2.38. The Labute approximate surface area is 107 Å². The van der Waals surface area contributed by atoms with Crippen LogP contribution >= 0.6 is 0 Å². The second-order valence-electron chi connectivity index (χ2n) is 3.71. The number of carbonyl (C=O) groups is 2. The van der Waals surface area contributed by atoms with E-state index in [1.807, 2.05) is 0 Å². The minimum absolute atomic E-state index is 0.0347. The fraction of sp³-hybridized carbons (Fsp3) is 0.0769. The number of carbonyl (C=O) groups excluding carboxylic acids is 2. The Kier molecular flexibility index (Phi) is 3.70. The number of amides is 1. The van der Waals surface area contributed by atoms with Crippen LogP contribution in [0.25, 0.3) is 0 Å². The van der Waals surface area contributed by atoms with Gasteiger partial charge in [-0.1, -0.05) is 0 Å². The van der Waals surface area contributed by atoms with Gasteiger partial charge < -0.3 is 9.73 Å². The van der Waals surface area contributed by atoms with Gasteiger partial charge in [-0.15, -0.1) is 0 Å². The van der Waals surface area contributed by atoms with Crippen molar-refractivity contribution in [2.24, 2.45) is 0 Å². The Balaban J connectivity index is 2.02. The largest absolute Gasteiger partial charge is 0.459 e. The molecule has 4 nitrogen and oxygen atoms in total. The van der Waals surface area contributed by atoms with Crippen LogP contribution < -0.4 is 5.32 Å². The van der Waals surface area contributed by atoms with Crippen LogP contribution in [0.1, 0.15) is 20.9 Å². The summed E-state index contributed by atoms with van der Waals surface area (Å²) in [4.78, 5) is 23.1. The van der Waals surface area contributed by atoms with Crippen LogP contribution in [0.3, 0.4) is 0 Å². The van der Waals surface area contributed by atoms with E-state index in [9.17, 15) is 18.4 Å². The summed E-state index contributed by atoms with van der Waals surface area (Å²) in [6.45, 7) is -0.445. The molecular weight excluding hydrogens is 256 g/mol. The van der Waals surface area contributed by atoms with Crippen molar-refractivity contribution in [3.05, 3.63) is 59.6 Å². The van der Waals surface area contributed by atoms with Crippen molar-refractivity contribution in [3.8, 4) is 0 Å². The van der Waals surface area contributed by atoms with Crippen molar-refractivity contribution in [1.82, 2.24) is 5.32 Å². The molecule has 0 saturated heterocycles. The zero-order chi connectivity index (χ0) is 13.8. The van der Waals surface area contributed by atoms with Gasteiger partial charge in [0.2, 0.25) is 0 Å². The molecule has 2 aromatic rings. The monoisotopic (exact) mass is 265 g/mol. The number of furan rings is 1. The zero-order valence-electron chi connectivity index (χ0n) is 9.65. The Hall–Kier alpha value is -2.50. The molecule has 1 N–H and O–H groups in total. The Morgan fingerprint density at radius 3 is 2.68 bits per heavy atom. The van der Waals surface area contributed by atoms with Crippen LogP contribution in [0.15, 0.2) is 41.0 Å². The van der Waals surface area contributed by atoms with Crippen LogP contribution in [0, 0.1) is 11.6 Å². The molecule has 1 heterocycles. The molecule has 0 saturated carbocycles. The number of hydrogen-bond donors (Lipinski definition) is 1. The molecule has 1 aromatic carbocycles. The van der Waals surface area contributed by atoms with Gasteiger partial charge in [0.15, 0.2) is 11.5 Å². The van der Waals surface area contributed by atoms with Crippen molar-refractivity contribution >= 4 is 11.7 Å². The highest BCUT2D eigenvalue weighted by molar-refractivity contribution is 6.01. The van der Waals surface area contributed by atoms with Crippen molar-refractivity contribution < 1.29 is 22.8 Å². The first kappa shape index (κ1) is 12.9. The fourth-order valence-electron chi connectivity index (χ4n) is 1.46. The maximum atomic E-state index is 13.3. The van der Waals surface area contributed by atoms with Crippen molar-refractivity contribution in [2.75, 3.05) is 6.54 Å². The lowest BCUT2D eigenvalue weighted by Gasteiger charge is -2.04. The zero-order valence-corrected chi connectivity index (χ0v) is 9.65. The molecule has 0 fully saturated rings. The molecule has 0 unspecified atom stereocenters. The van der Waals surface area contributed by atoms with E-state index in [0.29, 0.717) is 0 Å². The first-order valence-electron chi connectivity index (χ1n) is 5.38. The first-order valence-corrected chi connectivity index (χ1v) is 5.38. The molecule has 98 valence electrons. The number of rotatable bonds is 4. The number of benzene rings is 1. The third kappa shape index (κ3) is 3.04. The van der Waals surface area contributed by atoms with Gasteiger partial charge in [-0.05, 0) is 30.3 Å². The summed E-state index contributed by atoms with van der Waals surface area (Å²) in [5, 5.41) is 2.26. The maximum Gasteiger partial charge on any atom is 0.287 e. The van der Waals surface area contributed by atoms with Crippen LogP contribution in [-0.4, -0.2) is 18.2 Å². The summed E-state index contributed by atoms with van der Waals surface area (Å²) in [6.07, 6.45) is 1.31. The molecule has 0 radical (unpaired) electrons. The van der Waals surface area contributed by atoms with E-state index < -0.39 is 35.4 Å². The molecule has 6 heteroatoms. The standard InChI is InChI=1S/C13H9F2NO3/c14-8-3-4-10(15)9(6-8)11(17)7-16-13(18)12-2-1-5-19-12/h1-6H,7H2,(H,16,18). The van der Waals surface area contributed by atoms with Crippen LogP contribution in [0.4, 0.5) is 8.78 Å². The molecule has 0 aliphatic heterocycles. The minimum atomic E-state index is -0.835. The molecule has 1 amide bonds. The summed E-state index contributed by atoms with van der Waals surface area (Å²) in [7, 11) is 0. The van der Waals surface area contributed by atoms with Gasteiger partial charge in [0, 0.05) is 0 Å². The maximum absolute atomic E-state index is 13.3. The van der Waals surface area contributed by atoms with E-state index >= 15 is 0 Å². The topological polar surface area (TPSA) is 59.3 Å². The van der Waals surface area contributed by atoms with E-state index in [1.54, 1.807) is 0 Å². The highest BCUT2D eigenvalue weighted by Gasteiger charge is 2.15. The van der Waals surface area contributed by atoms with Crippen LogP contribution in [0.5, 0.6) is 0 Å². The van der Waals surface area contributed by atoms with Gasteiger partial charge in [0.1, 0.15) is 11.6 Å². The predicted molar refractivity (Wildman–Crippen MR) is 61.7 cm³/mol. The average Bonchev–Trinajstić information content (AvgIpc) is 2.92. The molecule has 0 spiro atoms. The summed E-state index contributed by atoms with van der Waals surface area (Å²) < 4.78 is 31.0. The normalized spacial score (nSPS) is 10.2. The Morgan fingerprint density at radius 1 is 1.21 bits per heavy atom. The average molecular weight is 265 g/mol. The van der Waals surface area contributed by atoms with Crippen LogP contribution in [0.2, 0.25) is 0 Å². The Bertz CT molecular complexity index is 608. The van der Waals surface area contributed by atoms with Crippen molar-refractivity contribution in [1.29, 1.82) is 0 Å². The number of Topliss-reactive ketones (excluding diaryl/α,β-unsaturated/α-hetero) is 1. The summed E-state index contributed by atoms with van der Waals surface area (Å²) in [5.74, 6) is -2.85. The fourth-order valence-corrected chi connectivity index (χ4v) is 1.46. The van der Waals surface area contributed by atoms with Gasteiger partial charge in [0.05, 0.1) is 18.4 Å². The SMILES string of the molecule is O=C(NCC(=O)c1cc(F)ccc1F)c1ccco1. The van der Waals surface area contributed by atoms with E-state index in [4.69, 9.17) is 4.42 Å². The second-order valence-corrected chi connectivity index (χ2v) is 3.71. The summed E-state index contributed by atoms with van der Waals surface area (Å²) in [6, 6.07) is 5.49. The Morgan fingerprint density at radius 2 is 2.00 bits per heavy atom. The lowest BCUT2D eigenvalue weighted by molar-refractivity contribution is 0.0883. The van der Waals surface area contributed by atoms with E-state index in [1.165, 1.54) is 18.4 Å². The molecule has 2 rings (SSSR count). The van der Waals surface area contributed by atoms with E-state index in [2.05, 4.69) is 5.32 Å². The van der Waals surface area contributed by atoms with E-state index in [-0.39, 0.29) is 5.76 Å². The van der Waals surface area contributed by atoms with Gasteiger partial charge in [-0.3, -0.25) is 9.59 Å². The number of ketones is 1. The lowest BCUT2D eigenvalue weighted by Crippen LogP contribution is -2.29. The molecule has 0 bridgehead atoms.